The summed E-state index contributed by atoms with van der Waals surface area (Å²) in [5.41, 5.74) is 0. The highest BCUT2D eigenvalue weighted by atomic mass is 16.6. The van der Waals surface area contributed by atoms with Gasteiger partial charge in [0.05, 0.1) is 0 Å². The Morgan fingerprint density at radius 3 is 1.11 bits per heavy atom. The highest BCUT2D eigenvalue weighted by Crippen LogP contribution is 2.14. The minimum atomic E-state index is -0.805. The van der Waals surface area contributed by atoms with E-state index in [1.165, 1.54) is 122 Å². The van der Waals surface area contributed by atoms with Crippen molar-refractivity contribution in [2.24, 2.45) is 0 Å². The van der Waals surface area contributed by atoms with E-state index in [1.807, 2.05) is 0 Å². The van der Waals surface area contributed by atoms with Crippen LogP contribution in [0.5, 0.6) is 0 Å². The molecular weight excluding hydrogens is 793 g/mol. The zero-order valence-electron chi connectivity index (χ0n) is 41.8. The van der Waals surface area contributed by atoms with Crippen molar-refractivity contribution in [3.63, 3.8) is 0 Å². The number of rotatable bonds is 47. The van der Waals surface area contributed by atoms with Crippen LogP contribution in [0.2, 0.25) is 0 Å². The molecule has 0 amide bonds. The number of esters is 3. The second-order valence-corrected chi connectivity index (χ2v) is 17.4. The first-order valence-electron chi connectivity index (χ1n) is 26.6. The van der Waals surface area contributed by atoms with Crippen LogP contribution in [0.3, 0.4) is 0 Å². The first-order chi connectivity index (χ1) is 31.5. The molecule has 1 atom stereocenters. The predicted molar refractivity (Wildman–Crippen MR) is 274 cm³/mol. The molecule has 1 unspecified atom stereocenters. The molecule has 0 aliphatic carbocycles. The Bertz CT molecular complexity index is 1250. The number of carbonyl (C=O) groups is 3. The van der Waals surface area contributed by atoms with Gasteiger partial charge in [-0.25, -0.2) is 0 Å². The number of hydrogen-bond donors (Lipinski definition) is 0. The molecule has 0 aromatic rings. The van der Waals surface area contributed by atoms with Crippen molar-refractivity contribution in [1.29, 1.82) is 0 Å². The van der Waals surface area contributed by atoms with Gasteiger partial charge in [-0.05, 0) is 83.5 Å². The fraction of sp³-hybridized carbons (Fsp3) is 0.707. The van der Waals surface area contributed by atoms with Crippen LogP contribution in [0.4, 0.5) is 0 Å². The van der Waals surface area contributed by atoms with Crippen LogP contribution in [-0.2, 0) is 28.6 Å². The monoisotopic (exact) mass is 891 g/mol. The van der Waals surface area contributed by atoms with Gasteiger partial charge >= 0.3 is 17.9 Å². The number of hydrogen-bond acceptors (Lipinski definition) is 6. The topological polar surface area (TPSA) is 78.9 Å². The van der Waals surface area contributed by atoms with E-state index in [2.05, 4.69) is 106 Å². The number of unbranched alkanes of at least 4 members (excludes halogenated alkanes) is 23. The summed E-state index contributed by atoms with van der Waals surface area (Å²) >= 11 is 0. The lowest BCUT2D eigenvalue weighted by molar-refractivity contribution is -0.167. The fourth-order valence-electron chi connectivity index (χ4n) is 7.17. The van der Waals surface area contributed by atoms with Crippen LogP contribution < -0.4 is 0 Å². The van der Waals surface area contributed by atoms with E-state index in [4.69, 9.17) is 14.2 Å². The summed E-state index contributed by atoms with van der Waals surface area (Å²) in [5.74, 6) is -0.962. The average molecular weight is 891 g/mol. The molecule has 0 aliphatic heterocycles. The van der Waals surface area contributed by atoms with E-state index in [0.717, 1.165) is 77.0 Å². The van der Waals surface area contributed by atoms with Gasteiger partial charge in [-0.15, -0.1) is 0 Å². The molecule has 0 spiro atoms. The Morgan fingerprint density at radius 1 is 0.344 bits per heavy atom. The van der Waals surface area contributed by atoms with Crippen LogP contribution in [0, 0.1) is 0 Å². The molecule has 0 saturated carbocycles. The molecule has 0 bridgehead atoms. The van der Waals surface area contributed by atoms with Crippen LogP contribution >= 0.6 is 0 Å². The molecule has 0 aliphatic rings. The molecular formula is C58H98O6. The molecule has 366 valence electrons. The molecule has 0 rings (SSSR count). The van der Waals surface area contributed by atoms with E-state index in [-0.39, 0.29) is 37.5 Å². The van der Waals surface area contributed by atoms with Gasteiger partial charge in [0.2, 0.25) is 0 Å². The smallest absolute Gasteiger partial charge is 0.306 e. The van der Waals surface area contributed by atoms with Gasteiger partial charge in [-0.1, -0.05) is 228 Å². The minimum absolute atomic E-state index is 0.0989. The first kappa shape index (κ1) is 60.6. The van der Waals surface area contributed by atoms with Gasteiger partial charge in [0.15, 0.2) is 6.10 Å². The molecule has 6 heteroatoms. The van der Waals surface area contributed by atoms with Gasteiger partial charge < -0.3 is 14.2 Å². The van der Waals surface area contributed by atoms with E-state index in [0.29, 0.717) is 19.3 Å². The van der Waals surface area contributed by atoms with Crippen molar-refractivity contribution < 1.29 is 28.6 Å². The van der Waals surface area contributed by atoms with Gasteiger partial charge in [0, 0.05) is 19.3 Å². The minimum Gasteiger partial charge on any atom is -0.462 e. The van der Waals surface area contributed by atoms with Crippen molar-refractivity contribution in [3.8, 4) is 0 Å². The molecule has 64 heavy (non-hydrogen) atoms. The Kier molecular flexibility index (Phi) is 49.4. The van der Waals surface area contributed by atoms with Crippen molar-refractivity contribution in [2.45, 2.75) is 252 Å². The first-order valence-corrected chi connectivity index (χ1v) is 26.6. The molecule has 0 saturated heterocycles. The summed E-state index contributed by atoms with van der Waals surface area (Å²) in [4.78, 5) is 38.0. The van der Waals surface area contributed by atoms with Crippen molar-refractivity contribution in [2.75, 3.05) is 13.2 Å². The highest BCUT2D eigenvalue weighted by molar-refractivity contribution is 5.71. The molecule has 0 aromatic carbocycles. The summed E-state index contributed by atoms with van der Waals surface area (Å²) in [5, 5.41) is 0. The van der Waals surface area contributed by atoms with E-state index < -0.39 is 6.10 Å². The van der Waals surface area contributed by atoms with E-state index in [1.54, 1.807) is 0 Å². The second kappa shape index (κ2) is 52.2. The largest absolute Gasteiger partial charge is 0.462 e. The molecule has 0 heterocycles. The van der Waals surface area contributed by atoms with Crippen molar-refractivity contribution >= 4 is 17.9 Å². The zero-order valence-corrected chi connectivity index (χ0v) is 41.8. The maximum Gasteiger partial charge on any atom is 0.306 e. The predicted octanol–water partition coefficient (Wildman–Crippen LogP) is 17.6. The maximum atomic E-state index is 12.8. The third kappa shape index (κ3) is 49.6. The lowest BCUT2D eigenvalue weighted by Gasteiger charge is -2.18. The lowest BCUT2D eigenvalue weighted by atomic mass is 10.1. The molecule has 6 nitrogen and oxygen atoms in total. The lowest BCUT2D eigenvalue weighted by Crippen LogP contribution is -2.30. The third-order valence-corrected chi connectivity index (χ3v) is 11.2. The SMILES string of the molecule is CC/C=C\C/C=C\C/C=C\C/C=C\C/C=C\CCCC(=O)OC(COC(=O)CCCCCCCCCCCC)COC(=O)CCCCCCCCCCCC/C=C\C=C/CCCCC. The second-order valence-electron chi connectivity index (χ2n) is 17.4. The summed E-state index contributed by atoms with van der Waals surface area (Å²) in [6, 6.07) is 0. The van der Waals surface area contributed by atoms with Gasteiger partial charge in [-0.2, -0.15) is 0 Å². The summed E-state index contributed by atoms with van der Waals surface area (Å²) < 4.78 is 16.7. The average Bonchev–Trinajstić information content (AvgIpc) is 3.29. The van der Waals surface area contributed by atoms with Gasteiger partial charge in [0.1, 0.15) is 13.2 Å². The van der Waals surface area contributed by atoms with E-state index in [9.17, 15) is 14.4 Å². The van der Waals surface area contributed by atoms with Gasteiger partial charge in [0.25, 0.3) is 0 Å². The standard InChI is InChI=1S/C58H98O6/c1-4-7-10-13-16-19-22-24-26-28-29-31-32-34-36-39-42-45-48-51-57(60)63-54-55(53-62-56(59)50-47-44-41-38-21-18-15-12-9-6-3)64-58(61)52-49-46-43-40-37-35-33-30-27-25-23-20-17-14-11-8-5-2/h8,11,16-17,19-20,22,24-25,27,33,35,40,43,55H,4-7,9-10,12-15,18,21,23,26,28-32,34,36-39,41-42,44-54H2,1-3H3/b11-8-,19-16-,20-17-,24-22-,27-25-,35-33-,43-40-. The zero-order chi connectivity index (χ0) is 46.5. The van der Waals surface area contributed by atoms with Crippen LogP contribution in [-0.4, -0.2) is 37.2 Å². The summed E-state index contributed by atoms with van der Waals surface area (Å²) in [6.45, 7) is 6.44. The van der Waals surface area contributed by atoms with E-state index >= 15 is 0 Å². The quantitative estimate of drug-likeness (QED) is 0.0199. The van der Waals surface area contributed by atoms with Gasteiger partial charge in [-0.3, -0.25) is 14.4 Å². The number of allylic oxidation sites excluding steroid dienone is 14. The number of carbonyl (C=O) groups excluding carboxylic acids is 3. The van der Waals surface area contributed by atoms with Crippen molar-refractivity contribution in [3.05, 3.63) is 85.1 Å². The fourth-order valence-corrected chi connectivity index (χ4v) is 7.17. The van der Waals surface area contributed by atoms with Crippen molar-refractivity contribution in [1.82, 2.24) is 0 Å². The normalized spacial score (nSPS) is 12.7. The molecule has 0 aromatic heterocycles. The highest BCUT2D eigenvalue weighted by Gasteiger charge is 2.19. The number of ether oxygens (including phenoxy) is 3. The Labute approximate surface area is 395 Å². The van der Waals surface area contributed by atoms with Crippen LogP contribution in [0.25, 0.3) is 0 Å². The third-order valence-electron chi connectivity index (χ3n) is 11.2. The van der Waals surface area contributed by atoms with Crippen LogP contribution in [0.1, 0.15) is 245 Å². The molecule has 0 fully saturated rings. The van der Waals surface area contributed by atoms with Crippen LogP contribution in [0.15, 0.2) is 85.1 Å². The Morgan fingerprint density at radius 2 is 0.672 bits per heavy atom. The summed E-state index contributed by atoms with van der Waals surface area (Å²) in [7, 11) is 0. The molecule has 0 radical (unpaired) electrons. The maximum absolute atomic E-state index is 12.8. The Balaban J connectivity index is 4.42. The Hall–Kier alpha value is -3.41. The molecule has 0 N–H and O–H groups in total. The summed E-state index contributed by atoms with van der Waals surface area (Å²) in [6.07, 6.45) is 67.2.